The van der Waals surface area contributed by atoms with E-state index in [2.05, 4.69) is 20.4 Å². The molecule has 0 bridgehead atoms. The molecular weight excluding hydrogens is 567 g/mol. The normalized spacial score (nSPS) is 24.3. The topological polar surface area (TPSA) is 129 Å². The third-order valence-electron chi connectivity index (χ3n) is 8.80. The van der Waals surface area contributed by atoms with Gasteiger partial charge in [-0.25, -0.2) is 0 Å². The molecule has 1 aromatic heterocycles. The van der Waals surface area contributed by atoms with E-state index in [0.29, 0.717) is 42.7 Å². The maximum atomic E-state index is 13.1. The van der Waals surface area contributed by atoms with Crippen LogP contribution in [0.2, 0.25) is 0 Å². The van der Waals surface area contributed by atoms with Crippen LogP contribution in [0.5, 0.6) is 0 Å². The van der Waals surface area contributed by atoms with Crippen molar-refractivity contribution in [2.24, 2.45) is 5.41 Å². The van der Waals surface area contributed by atoms with Gasteiger partial charge in [0.15, 0.2) is 0 Å². The van der Waals surface area contributed by atoms with Gasteiger partial charge in [0.05, 0.1) is 5.60 Å². The summed E-state index contributed by atoms with van der Waals surface area (Å²) in [4.78, 5) is 40.8. The predicted octanol–water partition coefficient (Wildman–Crippen LogP) is 3.64. The van der Waals surface area contributed by atoms with Gasteiger partial charge >= 0.3 is 12.1 Å². The first-order chi connectivity index (χ1) is 20.2. The Morgan fingerprint density at radius 1 is 1.09 bits per heavy atom. The third kappa shape index (κ3) is 5.20. The van der Waals surface area contributed by atoms with Crippen LogP contribution in [-0.4, -0.2) is 62.0 Å². The first kappa shape index (κ1) is 29.0. The van der Waals surface area contributed by atoms with Crippen molar-refractivity contribution in [1.29, 1.82) is 0 Å². The maximum Gasteiger partial charge on any atom is 0.470 e. The van der Waals surface area contributed by atoms with Gasteiger partial charge < -0.3 is 14.4 Å². The molecule has 13 heteroatoms. The first-order valence-corrected chi connectivity index (χ1v) is 14.0. The number of hydrogen-bond donors (Lipinski definition) is 2. The number of halogens is 3. The molecule has 2 aromatic carbocycles. The highest BCUT2D eigenvalue weighted by atomic mass is 19.4. The SMILES string of the molecule is CC1(C)CN(Cc2ccc(-c3nnc(C(F)(F)F)o3)cc2)CCC1(O)c1ccc2c(c1)CN(C1CCC(=O)NC1=O)C2=O. The molecule has 2 N–H and O–H groups in total. The number of likely N-dealkylation sites (tertiary alicyclic amines) is 1. The van der Waals surface area contributed by atoms with Gasteiger partial charge in [0.2, 0.25) is 17.7 Å². The highest BCUT2D eigenvalue weighted by molar-refractivity contribution is 6.05. The Labute approximate surface area is 244 Å². The Morgan fingerprint density at radius 3 is 2.49 bits per heavy atom. The van der Waals surface area contributed by atoms with Crippen LogP contribution >= 0.6 is 0 Å². The Hall–Kier alpha value is -4.10. The Morgan fingerprint density at radius 2 is 1.84 bits per heavy atom. The largest absolute Gasteiger partial charge is 0.470 e. The Balaban J connectivity index is 1.13. The molecule has 3 aliphatic heterocycles. The van der Waals surface area contributed by atoms with E-state index in [1.807, 2.05) is 19.9 Å². The summed E-state index contributed by atoms with van der Waals surface area (Å²) in [6, 6.07) is 11.5. The van der Waals surface area contributed by atoms with Crippen molar-refractivity contribution in [3.63, 3.8) is 0 Å². The molecule has 226 valence electrons. The average molecular weight is 598 g/mol. The van der Waals surface area contributed by atoms with Crippen molar-refractivity contribution < 1.29 is 37.1 Å². The minimum atomic E-state index is -4.71. The number of carbonyl (C=O) groups is 3. The van der Waals surface area contributed by atoms with Crippen LogP contribution < -0.4 is 5.32 Å². The summed E-state index contributed by atoms with van der Waals surface area (Å²) in [5.41, 5.74) is 1.49. The lowest BCUT2D eigenvalue weighted by molar-refractivity contribution is -0.157. The predicted molar refractivity (Wildman–Crippen MR) is 145 cm³/mol. The van der Waals surface area contributed by atoms with Crippen LogP contribution in [0.15, 0.2) is 46.9 Å². The lowest BCUT2D eigenvalue weighted by Crippen LogP contribution is -2.55. The fourth-order valence-electron chi connectivity index (χ4n) is 6.39. The molecule has 6 rings (SSSR count). The minimum Gasteiger partial charge on any atom is -0.413 e. The average Bonchev–Trinajstić information content (AvgIpc) is 3.57. The molecule has 3 aromatic rings. The molecule has 2 unspecified atom stereocenters. The van der Waals surface area contributed by atoms with Gasteiger partial charge in [-0.2, -0.15) is 13.2 Å². The molecule has 2 fully saturated rings. The van der Waals surface area contributed by atoms with Crippen LogP contribution in [0.1, 0.15) is 66.0 Å². The third-order valence-corrected chi connectivity index (χ3v) is 8.80. The monoisotopic (exact) mass is 597 g/mol. The van der Waals surface area contributed by atoms with E-state index in [0.717, 1.165) is 11.1 Å². The molecule has 0 aliphatic carbocycles. The summed E-state index contributed by atoms with van der Waals surface area (Å²) in [5, 5.41) is 20.9. The van der Waals surface area contributed by atoms with E-state index in [-0.39, 0.29) is 37.1 Å². The lowest BCUT2D eigenvalue weighted by atomic mass is 9.66. The number of piperidine rings is 2. The van der Waals surface area contributed by atoms with Crippen LogP contribution in [0, 0.1) is 5.41 Å². The van der Waals surface area contributed by atoms with Crippen LogP contribution in [0.25, 0.3) is 11.5 Å². The molecule has 10 nitrogen and oxygen atoms in total. The van der Waals surface area contributed by atoms with Gasteiger partial charge in [-0.15, -0.1) is 10.2 Å². The zero-order valence-electron chi connectivity index (χ0n) is 23.6. The highest BCUT2D eigenvalue weighted by Crippen LogP contribution is 2.47. The van der Waals surface area contributed by atoms with Crippen molar-refractivity contribution in [3.05, 3.63) is 70.6 Å². The molecule has 3 aliphatic rings. The van der Waals surface area contributed by atoms with E-state index >= 15 is 0 Å². The van der Waals surface area contributed by atoms with Crippen molar-refractivity contribution >= 4 is 17.7 Å². The molecule has 2 atom stereocenters. The Kier molecular flexibility index (Phi) is 6.92. The second-order valence-electron chi connectivity index (χ2n) is 12.1. The lowest BCUT2D eigenvalue weighted by Gasteiger charge is -2.50. The molecule has 0 saturated carbocycles. The number of alkyl halides is 3. The first-order valence-electron chi connectivity index (χ1n) is 14.0. The molecule has 0 spiro atoms. The molecule has 43 heavy (non-hydrogen) atoms. The van der Waals surface area contributed by atoms with E-state index in [1.54, 1.807) is 36.4 Å². The second-order valence-corrected chi connectivity index (χ2v) is 12.1. The molecular formula is C30H30F3N5O5. The number of aromatic nitrogens is 2. The standard InChI is InChI=1S/C30H30F3N5O5/c1-28(2)16-37(14-17-3-5-18(6-4-17)25-35-36-27(43-25)30(31,32)33)12-11-29(28,42)20-7-8-21-19(13-20)15-38(26(21)41)22-9-10-23(39)34-24(22)40/h3-8,13,22,42H,9-12,14-16H2,1-2H3,(H,34,39,40). The van der Waals surface area contributed by atoms with Crippen molar-refractivity contribution in [2.75, 3.05) is 13.1 Å². The summed E-state index contributed by atoms with van der Waals surface area (Å²) < 4.78 is 43.1. The number of fused-ring (bicyclic) bond motifs is 1. The summed E-state index contributed by atoms with van der Waals surface area (Å²) in [6.07, 6.45) is -3.81. The summed E-state index contributed by atoms with van der Waals surface area (Å²) in [7, 11) is 0. The number of aliphatic hydroxyl groups is 1. The number of imide groups is 1. The van der Waals surface area contributed by atoms with Crippen LogP contribution in [0.4, 0.5) is 13.2 Å². The zero-order valence-corrected chi connectivity index (χ0v) is 23.6. The highest BCUT2D eigenvalue weighted by Gasteiger charge is 2.49. The molecule has 3 amide bonds. The maximum absolute atomic E-state index is 13.1. The molecule has 4 heterocycles. The van der Waals surface area contributed by atoms with Gasteiger partial charge in [-0.05, 0) is 47.7 Å². The van der Waals surface area contributed by atoms with Gasteiger partial charge in [0.25, 0.3) is 5.91 Å². The smallest absolute Gasteiger partial charge is 0.413 e. The zero-order chi connectivity index (χ0) is 30.7. The minimum absolute atomic E-state index is 0.178. The van der Waals surface area contributed by atoms with E-state index in [1.165, 1.54) is 4.90 Å². The Bertz CT molecular complexity index is 1600. The van der Waals surface area contributed by atoms with Crippen LogP contribution in [-0.2, 0) is 34.5 Å². The number of rotatable bonds is 5. The summed E-state index contributed by atoms with van der Waals surface area (Å²) >= 11 is 0. The van der Waals surface area contributed by atoms with Crippen molar-refractivity contribution in [3.8, 4) is 11.5 Å². The van der Waals surface area contributed by atoms with E-state index in [4.69, 9.17) is 4.42 Å². The molecule has 2 saturated heterocycles. The number of carbonyl (C=O) groups excluding carboxylic acids is 3. The van der Waals surface area contributed by atoms with Gasteiger partial charge in [0.1, 0.15) is 6.04 Å². The van der Waals surface area contributed by atoms with E-state index in [9.17, 15) is 32.7 Å². The number of benzene rings is 2. The van der Waals surface area contributed by atoms with Crippen molar-refractivity contribution in [2.45, 2.75) is 64.0 Å². The van der Waals surface area contributed by atoms with E-state index < -0.39 is 35.0 Å². The number of nitrogens with zero attached hydrogens (tertiary/aromatic N) is 4. The van der Waals surface area contributed by atoms with Gasteiger partial charge in [-0.3, -0.25) is 24.6 Å². The quantitative estimate of drug-likeness (QED) is 0.427. The van der Waals surface area contributed by atoms with Gasteiger partial charge in [-0.1, -0.05) is 38.1 Å². The fourth-order valence-corrected chi connectivity index (χ4v) is 6.39. The number of amides is 3. The molecule has 0 radical (unpaired) electrons. The summed E-state index contributed by atoms with van der Waals surface area (Å²) in [6.45, 7) is 5.92. The van der Waals surface area contributed by atoms with Crippen molar-refractivity contribution in [1.82, 2.24) is 25.3 Å². The number of hydrogen-bond acceptors (Lipinski definition) is 8. The fraction of sp³-hybridized carbons (Fsp3) is 0.433. The van der Waals surface area contributed by atoms with Crippen LogP contribution in [0.3, 0.4) is 0 Å². The number of nitrogens with one attached hydrogen (secondary N) is 1. The second kappa shape index (κ2) is 10.3. The van der Waals surface area contributed by atoms with Gasteiger partial charge in [0, 0.05) is 49.1 Å². The summed E-state index contributed by atoms with van der Waals surface area (Å²) in [5.74, 6) is -2.67.